The molecule has 3 rings (SSSR count). The molecule has 0 bridgehead atoms. The molecule has 2 amide bonds. The molecule has 0 aliphatic carbocycles. The Balaban J connectivity index is 1.66. The van der Waals surface area contributed by atoms with E-state index in [9.17, 15) is 9.59 Å². The van der Waals surface area contributed by atoms with E-state index in [-0.39, 0.29) is 24.2 Å². The van der Waals surface area contributed by atoms with Crippen LogP contribution in [0.5, 0.6) is 11.5 Å². The van der Waals surface area contributed by atoms with Crippen LogP contribution in [0.1, 0.15) is 12.0 Å². The quantitative estimate of drug-likeness (QED) is 0.733. The molecule has 1 aromatic carbocycles. The number of ether oxygens (including phenoxy) is 2. The van der Waals surface area contributed by atoms with Crippen LogP contribution >= 0.6 is 0 Å². The average Bonchev–Trinajstić information content (AvgIpc) is 3.12. The SMILES string of the molecule is COc1ccc(N2CC(C(=O)N(C)CCc3ccncc3)CC2=O)c(OC)c1. The van der Waals surface area contributed by atoms with E-state index in [1.165, 1.54) is 0 Å². The van der Waals surface area contributed by atoms with Crippen molar-refractivity contribution in [2.75, 3.05) is 39.3 Å². The van der Waals surface area contributed by atoms with E-state index < -0.39 is 0 Å². The molecular formula is C21H25N3O4. The summed E-state index contributed by atoms with van der Waals surface area (Å²) >= 11 is 0. The van der Waals surface area contributed by atoms with Crippen molar-refractivity contribution in [3.05, 3.63) is 48.3 Å². The Bertz CT molecular complexity index is 841. The molecule has 148 valence electrons. The Morgan fingerprint density at radius 1 is 1.21 bits per heavy atom. The van der Waals surface area contributed by atoms with E-state index in [1.807, 2.05) is 12.1 Å². The van der Waals surface area contributed by atoms with Gasteiger partial charge < -0.3 is 19.3 Å². The van der Waals surface area contributed by atoms with Crippen molar-refractivity contribution in [3.63, 3.8) is 0 Å². The first-order chi connectivity index (χ1) is 13.5. The summed E-state index contributed by atoms with van der Waals surface area (Å²) in [5, 5.41) is 0. The van der Waals surface area contributed by atoms with Gasteiger partial charge in [-0.15, -0.1) is 0 Å². The number of carbonyl (C=O) groups excluding carboxylic acids is 2. The van der Waals surface area contributed by atoms with E-state index in [1.54, 1.807) is 61.7 Å². The number of hydrogen-bond donors (Lipinski definition) is 0. The highest BCUT2D eigenvalue weighted by atomic mass is 16.5. The third-order valence-corrected chi connectivity index (χ3v) is 5.01. The second-order valence-corrected chi connectivity index (χ2v) is 6.81. The number of methoxy groups -OCH3 is 2. The van der Waals surface area contributed by atoms with Gasteiger partial charge in [0, 0.05) is 45.0 Å². The minimum absolute atomic E-state index is 0.0163. The monoisotopic (exact) mass is 383 g/mol. The fourth-order valence-electron chi connectivity index (χ4n) is 3.38. The normalized spacial score (nSPS) is 16.2. The topological polar surface area (TPSA) is 72.0 Å². The molecular weight excluding hydrogens is 358 g/mol. The van der Waals surface area contributed by atoms with Gasteiger partial charge in [0.1, 0.15) is 11.5 Å². The summed E-state index contributed by atoms with van der Waals surface area (Å²) in [5.41, 5.74) is 1.78. The van der Waals surface area contributed by atoms with Gasteiger partial charge in [-0.1, -0.05) is 0 Å². The molecule has 1 saturated heterocycles. The molecule has 0 radical (unpaired) electrons. The summed E-state index contributed by atoms with van der Waals surface area (Å²) in [6, 6.07) is 9.18. The first kappa shape index (κ1) is 19.7. The zero-order valence-corrected chi connectivity index (χ0v) is 16.4. The molecule has 1 unspecified atom stereocenters. The lowest BCUT2D eigenvalue weighted by Crippen LogP contribution is -2.36. The predicted octanol–water partition coefficient (Wildman–Crippen LogP) is 2.15. The van der Waals surface area contributed by atoms with Crippen LogP contribution in [0.2, 0.25) is 0 Å². The Hall–Kier alpha value is -3.09. The maximum atomic E-state index is 12.8. The van der Waals surface area contributed by atoms with Gasteiger partial charge in [0.25, 0.3) is 0 Å². The summed E-state index contributed by atoms with van der Waals surface area (Å²) in [4.78, 5) is 32.7. The maximum Gasteiger partial charge on any atom is 0.227 e. The molecule has 2 heterocycles. The lowest BCUT2D eigenvalue weighted by Gasteiger charge is -2.22. The van der Waals surface area contributed by atoms with Crippen molar-refractivity contribution < 1.29 is 19.1 Å². The molecule has 1 fully saturated rings. The molecule has 0 spiro atoms. The van der Waals surface area contributed by atoms with Gasteiger partial charge in [-0.25, -0.2) is 0 Å². The highest BCUT2D eigenvalue weighted by Crippen LogP contribution is 2.36. The van der Waals surface area contributed by atoms with Gasteiger partial charge in [0.2, 0.25) is 11.8 Å². The summed E-state index contributed by atoms with van der Waals surface area (Å²) < 4.78 is 10.6. The molecule has 7 heteroatoms. The number of anilines is 1. The van der Waals surface area contributed by atoms with Gasteiger partial charge in [0.15, 0.2) is 0 Å². The van der Waals surface area contributed by atoms with Crippen LogP contribution in [-0.2, 0) is 16.0 Å². The number of carbonyl (C=O) groups is 2. The van der Waals surface area contributed by atoms with E-state index >= 15 is 0 Å². The van der Waals surface area contributed by atoms with Crippen LogP contribution in [0.15, 0.2) is 42.7 Å². The van der Waals surface area contributed by atoms with Gasteiger partial charge in [-0.2, -0.15) is 0 Å². The molecule has 1 atom stereocenters. The molecule has 1 aliphatic rings. The predicted molar refractivity (Wildman–Crippen MR) is 106 cm³/mol. The summed E-state index contributed by atoms with van der Waals surface area (Å²) in [5.74, 6) is 0.742. The number of pyridine rings is 1. The molecule has 2 aromatic rings. The largest absolute Gasteiger partial charge is 0.497 e. The smallest absolute Gasteiger partial charge is 0.227 e. The van der Waals surface area contributed by atoms with Crippen LogP contribution in [0, 0.1) is 5.92 Å². The van der Waals surface area contributed by atoms with Crippen molar-refractivity contribution in [1.82, 2.24) is 9.88 Å². The Kier molecular flexibility index (Phi) is 6.13. The number of hydrogen-bond acceptors (Lipinski definition) is 5. The number of amides is 2. The van der Waals surface area contributed by atoms with Crippen LogP contribution in [0.25, 0.3) is 0 Å². The van der Waals surface area contributed by atoms with E-state index in [2.05, 4.69) is 4.98 Å². The molecule has 0 saturated carbocycles. The average molecular weight is 383 g/mol. The molecule has 0 N–H and O–H groups in total. The lowest BCUT2D eigenvalue weighted by atomic mass is 10.1. The van der Waals surface area contributed by atoms with Crippen LogP contribution in [0.4, 0.5) is 5.69 Å². The summed E-state index contributed by atoms with van der Waals surface area (Å²) in [6.07, 6.45) is 4.44. The minimum atomic E-state index is -0.359. The van der Waals surface area contributed by atoms with Crippen molar-refractivity contribution in [3.8, 4) is 11.5 Å². The van der Waals surface area contributed by atoms with Crippen LogP contribution in [-0.4, -0.2) is 56.1 Å². The molecule has 1 aromatic heterocycles. The third-order valence-electron chi connectivity index (χ3n) is 5.01. The van der Waals surface area contributed by atoms with Crippen molar-refractivity contribution >= 4 is 17.5 Å². The first-order valence-electron chi connectivity index (χ1n) is 9.19. The first-order valence-corrected chi connectivity index (χ1v) is 9.19. The highest BCUT2D eigenvalue weighted by Gasteiger charge is 2.37. The lowest BCUT2D eigenvalue weighted by molar-refractivity contribution is -0.134. The zero-order chi connectivity index (χ0) is 20.1. The second kappa shape index (κ2) is 8.73. The van der Waals surface area contributed by atoms with Crippen molar-refractivity contribution in [2.45, 2.75) is 12.8 Å². The number of benzene rings is 1. The number of likely N-dealkylation sites (N-methyl/N-ethyl adjacent to an activating group) is 1. The van der Waals surface area contributed by atoms with Gasteiger partial charge >= 0.3 is 0 Å². The fraction of sp³-hybridized carbons (Fsp3) is 0.381. The fourth-order valence-corrected chi connectivity index (χ4v) is 3.38. The Morgan fingerprint density at radius 2 is 1.96 bits per heavy atom. The molecule has 28 heavy (non-hydrogen) atoms. The summed E-state index contributed by atoms with van der Waals surface area (Å²) in [6.45, 7) is 0.944. The zero-order valence-electron chi connectivity index (χ0n) is 16.4. The van der Waals surface area contributed by atoms with Gasteiger partial charge in [-0.05, 0) is 36.2 Å². The number of nitrogens with zero attached hydrogens (tertiary/aromatic N) is 3. The molecule has 1 aliphatic heterocycles. The number of aromatic nitrogens is 1. The minimum Gasteiger partial charge on any atom is -0.497 e. The van der Waals surface area contributed by atoms with Crippen LogP contribution < -0.4 is 14.4 Å². The third kappa shape index (κ3) is 4.24. The van der Waals surface area contributed by atoms with E-state index in [0.717, 1.165) is 12.0 Å². The van der Waals surface area contributed by atoms with Crippen molar-refractivity contribution in [1.29, 1.82) is 0 Å². The Labute approximate surface area is 164 Å². The standard InChI is InChI=1S/C21H25N3O4/c1-23(11-8-15-6-9-22-10-7-15)21(26)16-12-20(25)24(14-16)18-5-4-17(27-2)13-19(18)28-3/h4-7,9-10,13,16H,8,11-12,14H2,1-3H3. The number of rotatable bonds is 7. The Morgan fingerprint density at radius 3 is 2.64 bits per heavy atom. The van der Waals surface area contributed by atoms with Crippen molar-refractivity contribution in [2.24, 2.45) is 5.92 Å². The highest BCUT2D eigenvalue weighted by molar-refractivity contribution is 6.01. The van der Waals surface area contributed by atoms with E-state index in [0.29, 0.717) is 30.3 Å². The van der Waals surface area contributed by atoms with Gasteiger partial charge in [-0.3, -0.25) is 14.6 Å². The second-order valence-electron chi connectivity index (χ2n) is 6.81. The maximum absolute atomic E-state index is 12.8. The van der Waals surface area contributed by atoms with E-state index in [4.69, 9.17) is 9.47 Å². The summed E-state index contributed by atoms with van der Waals surface area (Å²) in [7, 11) is 4.91. The van der Waals surface area contributed by atoms with Gasteiger partial charge in [0.05, 0.1) is 25.8 Å². The van der Waals surface area contributed by atoms with Crippen LogP contribution in [0.3, 0.4) is 0 Å². The molecule has 7 nitrogen and oxygen atoms in total.